The third kappa shape index (κ3) is 4.18. The Morgan fingerprint density at radius 3 is 2.60 bits per heavy atom. The van der Waals surface area contributed by atoms with E-state index in [2.05, 4.69) is 9.82 Å². The van der Waals surface area contributed by atoms with Gasteiger partial charge in [-0.05, 0) is 30.2 Å². The summed E-state index contributed by atoms with van der Waals surface area (Å²) >= 11 is 0. The van der Waals surface area contributed by atoms with Gasteiger partial charge >= 0.3 is 0 Å². The maximum atomic E-state index is 11.7. The molecule has 1 aromatic heterocycles. The van der Waals surface area contributed by atoms with Crippen molar-refractivity contribution in [1.29, 1.82) is 0 Å². The Morgan fingerprint density at radius 1 is 1.25 bits per heavy atom. The van der Waals surface area contributed by atoms with Crippen molar-refractivity contribution in [2.45, 2.75) is 26.3 Å². The number of nitrogens with zero attached hydrogens (tertiary/aromatic N) is 2. The third-order valence-electron chi connectivity index (χ3n) is 2.97. The average molecular weight is 293 g/mol. The van der Waals surface area contributed by atoms with Gasteiger partial charge in [0.1, 0.15) is 0 Å². The standard InChI is InChI=1S/C14H19N3O2S/c1-2-3-11-20(18,19)16-12-13-5-7-14(8-6-13)17-10-4-9-15-17/h4-10,16H,2-3,11-12H2,1H3. The van der Waals surface area contributed by atoms with Crippen LogP contribution in [0.5, 0.6) is 0 Å². The number of aromatic nitrogens is 2. The fourth-order valence-corrected chi connectivity index (χ4v) is 2.99. The summed E-state index contributed by atoms with van der Waals surface area (Å²) in [6.07, 6.45) is 5.14. The first-order valence-corrected chi connectivity index (χ1v) is 8.32. The lowest BCUT2D eigenvalue weighted by Crippen LogP contribution is -2.25. The van der Waals surface area contributed by atoms with Gasteiger partial charge in [0, 0.05) is 18.9 Å². The Bertz CT molecular complexity index is 619. The molecule has 0 saturated carbocycles. The van der Waals surface area contributed by atoms with Gasteiger partial charge in [-0.25, -0.2) is 17.8 Å². The summed E-state index contributed by atoms with van der Waals surface area (Å²) in [5.74, 6) is 0.189. The number of unbranched alkanes of at least 4 members (excludes halogenated alkanes) is 1. The molecule has 20 heavy (non-hydrogen) atoms. The Morgan fingerprint density at radius 2 is 2.00 bits per heavy atom. The van der Waals surface area contributed by atoms with Crippen molar-refractivity contribution in [2.24, 2.45) is 0 Å². The second-order valence-corrected chi connectivity index (χ2v) is 6.54. The van der Waals surface area contributed by atoms with Gasteiger partial charge in [0.05, 0.1) is 11.4 Å². The van der Waals surface area contributed by atoms with E-state index >= 15 is 0 Å². The Balaban J connectivity index is 1.94. The van der Waals surface area contributed by atoms with Crippen LogP contribution in [-0.4, -0.2) is 24.0 Å². The molecule has 2 rings (SSSR count). The van der Waals surface area contributed by atoms with Crippen LogP contribution >= 0.6 is 0 Å². The summed E-state index contributed by atoms with van der Waals surface area (Å²) in [6.45, 7) is 2.30. The fourth-order valence-electron chi connectivity index (χ4n) is 1.79. The minimum Gasteiger partial charge on any atom is -0.241 e. The molecule has 6 heteroatoms. The van der Waals surface area contributed by atoms with E-state index in [4.69, 9.17) is 0 Å². The second kappa shape index (κ2) is 6.67. The highest BCUT2D eigenvalue weighted by Crippen LogP contribution is 2.09. The van der Waals surface area contributed by atoms with Crippen LogP contribution in [0.4, 0.5) is 0 Å². The Labute approximate surface area is 119 Å². The highest BCUT2D eigenvalue weighted by atomic mass is 32.2. The molecule has 1 N–H and O–H groups in total. The number of sulfonamides is 1. The Hall–Kier alpha value is -1.66. The van der Waals surface area contributed by atoms with E-state index in [1.807, 2.05) is 43.5 Å². The molecule has 1 heterocycles. The number of rotatable bonds is 7. The monoisotopic (exact) mass is 293 g/mol. The largest absolute Gasteiger partial charge is 0.241 e. The molecule has 0 radical (unpaired) electrons. The molecule has 0 amide bonds. The number of benzene rings is 1. The molecule has 2 aromatic rings. The van der Waals surface area contributed by atoms with Crippen molar-refractivity contribution in [3.8, 4) is 5.69 Å². The molecule has 0 aliphatic rings. The summed E-state index contributed by atoms with van der Waals surface area (Å²) < 4.78 is 27.8. The molecular weight excluding hydrogens is 274 g/mol. The summed E-state index contributed by atoms with van der Waals surface area (Å²) in [6, 6.07) is 9.50. The molecule has 0 bridgehead atoms. The average Bonchev–Trinajstić information content (AvgIpc) is 2.98. The van der Waals surface area contributed by atoms with Gasteiger partial charge in [0.25, 0.3) is 0 Å². The van der Waals surface area contributed by atoms with Gasteiger partial charge in [-0.2, -0.15) is 5.10 Å². The van der Waals surface area contributed by atoms with E-state index < -0.39 is 10.0 Å². The quantitative estimate of drug-likeness (QED) is 0.850. The van der Waals surface area contributed by atoms with Crippen LogP contribution in [-0.2, 0) is 16.6 Å². The predicted octanol–water partition coefficient (Wildman–Crippen LogP) is 2.09. The van der Waals surface area contributed by atoms with Crippen molar-refractivity contribution in [1.82, 2.24) is 14.5 Å². The molecule has 0 aliphatic heterocycles. The van der Waals surface area contributed by atoms with Gasteiger partial charge in [0.15, 0.2) is 0 Å². The summed E-state index contributed by atoms with van der Waals surface area (Å²) in [7, 11) is -3.16. The lowest BCUT2D eigenvalue weighted by atomic mass is 10.2. The van der Waals surface area contributed by atoms with Crippen LogP contribution in [0.2, 0.25) is 0 Å². The maximum absolute atomic E-state index is 11.7. The molecule has 0 unspecified atom stereocenters. The number of hydrogen-bond acceptors (Lipinski definition) is 3. The van der Waals surface area contributed by atoms with Gasteiger partial charge in [-0.1, -0.05) is 25.5 Å². The van der Waals surface area contributed by atoms with Crippen LogP contribution in [0, 0.1) is 0 Å². The minimum atomic E-state index is -3.16. The normalized spacial score (nSPS) is 11.7. The van der Waals surface area contributed by atoms with Gasteiger partial charge in [0.2, 0.25) is 10.0 Å². The maximum Gasteiger partial charge on any atom is 0.211 e. The fraction of sp³-hybridized carbons (Fsp3) is 0.357. The zero-order chi connectivity index (χ0) is 14.4. The van der Waals surface area contributed by atoms with Crippen molar-refractivity contribution in [2.75, 3.05) is 5.75 Å². The highest BCUT2D eigenvalue weighted by molar-refractivity contribution is 7.89. The van der Waals surface area contributed by atoms with E-state index in [0.29, 0.717) is 13.0 Å². The molecule has 0 aliphatic carbocycles. The van der Waals surface area contributed by atoms with Gasteiger partial charge in [-0.15, -0.1) is 0 Å². The van der Waals surface area contributed by atoms with Crippen molar-refractivity contribution in [3.63, 3.8) is 0 Å². The predicted molar refractivity (Wildman–Crippen MR) is 79.1 cm³/mol. The molecule has 0 spiro atoms. The molecule has 5 nitrogen and oxygen atoms in total. The molecule has 1 aromatic carbocycles. The molecule has 0 atom stereocenters. The second-order valence-electron chi connectivity index (χ2n) is 4.61. The molecular formula is C14H19N3O2S. The van der Waals surface area contributed by atoms with Gasteiger partial charge in [-0.3, -0.25) is 0 Å². The van der Waals surface area contributed by atoms with Gasteiger partial charge < -0.3 is 0 Å². The topological polar surface area (TPSA) is 64.0 Å². The van der Waals surface area contributed by atoms with Crippen LogP contribution in [0.1, 0.15) is 25.3 Å². The van der Waals surface area contributed by atoms with Crippen molar-refractivity contribution < 1.29 is 8.42 Å². The van der Waals surface area contributed by atoms with E-state index in [-0.39, 0.29) is 5.75 Å². The molecule has 0 fully saturated rings. The Kier molecular flexibility index (Phi) is 4.92. The van der Waals surface area contributed by atoms with E-state index in [9.17, 15) is 8.42 Å². The third-order valence-corrected chi connectivity index (χ3v) is 4.38. The van der Waals surface area contributed by atoms with E-state index in [1.165, 1.54) is 0 Å². The first-order valence-electron chi connectivity index (χ1n) is 6.67. The zero-order valence-corrected chi connectivity index (χ0v) is 12.3. The SMILES string of the molecule is CCCCS(=O)(=O)NCc1ccc(-n2cccn2)cc1. The van der Waals surface area contributed by atoms with Crippen molar-refractivity contribution in [3.05, 3.63) is 48.3 Å². The van der Waals surface area contributed by atoms with E-state index in [1.54, 1.807) is 10.9 Å². The molecule has 0 saturated heterocycles. The van der Waals surface area contributed by atoms with E-state index in [0.717, 1.165) is 17.7 Å². The lowest BCUT2D eigenvalue weighted by Gasteiger charge is -2.07. The molecule has 108 valence electrons. The minimum absolute atomic E-state index is 0.189. The summed E-state index contributed by atoms with van der Waals surface area (Å²) in [5.41, 5.74) is 1.88. The smallest absolute Gasteiger partial charge is 0.211 e. The lowest BCUT2D eigenvalue weighted by molar-refractivity contribution is 0.578. The summed E-state index contributed by atoms with van der Waals surface area (Å²) in [4.78, 5) is 0. The first kappa shape index (κ1) is 14.7. The zero-order valence-electron chi connectivity index (χ0n) is 11.5. The number of nitrogens with one attached hydrogen (secondary N) is 1. The van der Waals surface area contributed by atoms with Crippen molar-refractivity contribution >= 4 is 10.0 Å². The van der Waals surface area contributed by atoms with Crippen LogP contribution in [0.25, 0.3) is 5.69 Å². The first-order chi connectivity index (χ1) is 9.61. The van der Waals surface area contributed by atoms with Crippen LogP contribution in [0.15, 0.2) is 42.7 Å². The highest BCUT2D eigenvalue weighted by Gasteiger charge is 2.08. The van der Waals surface area contributed by atoms with Crippen LogP contribution < -0.4 is 4.72 Å². The summed E-state index contributed by atoms with van der Waals surface area (Å²) in [5, 5.41) is 4.14. The van der Waals surface area contributed by atoms with Crippen LogP contribution in [0.3, 0.4) is 0 Å². The number of hydrogen-bond donors (Lipinski definition) is 1.